The highest BCUT2D eigenvalue weighted by atomic mass is 32.1. The van der Waals surface area contributed by atoms with Crippen LogP contribution < -0.4 is 5.32 Å². The summed E-state index contributed by atoms with van der Waals surface area (Å²) in [7, 11) is 0. The van der Waals surface area contributed by atoms with Crippen LogP contribution in [-0.4, -0.2) is 20.0 Å². The summed E-state index contributed by atoms with van der Waals surface area (Å²) >= 11 is 5.62. The molecule has 0 saturated carbocycles. The first-order valence-electron chi connectivity index (χ1n) is 8.16. The molecular formula is C19H18N4OS. The minimum atomic E-state index is -0.0712. The number of hydrogen-bond acceptors (Lipinski definition) is 4. The maximum absolute atomic E-state index is 5.95. The monoisotopic (exact) mass is 350 g/mol. The van der Waals surface area contributed by atoms with Crippen LogP contribution in [0.5, 0.6) is 0 Å². The predicted octanol–water partition coefficient (Wildman–Crippen LogP) is 3.55. The van der Waals surface area contributed by atoms with Gasteiger partial charge in [-0.1, -0.05) is 12.1 Å². The lowest BCUT2D eigenvalue weighted by Gasteiger charge is -2.25. The van der Waals surface area contributed by atoms with Crippen LogP contribution in [0.1, 0.15) is 35.0 Å². The molecule has 0 radical (unpaired) electrons. The van der Waals surface area contributed by atoms with Crippen molar-refractivity contribution in [3.05, 3.63) is 83.8 Å². The van der Waals surface area contributed by atoms with Crippen molar-refractivity contribution in [2.24, 2.45) is 0 Å². The molecule has 1 fully saturated rings. The Hall–Kier alpha value is -2.73. The number of aromatic nitrogens is 2. The van der Waals surface area contributed by atoms with Crippen molar-refractivity contribution in [2.75, 3.05) is 0 Å². The molecule has 0 aromatic carbocycles. The van der Waals surface area contributed by atoms with E-state index in [0.29, 0.717) is 11.7 Å². The van der Waals surface area contributed by atoms with Crippen molar-refractivity contribution in [2.45, 2.75) is 25.6 Å². The van der Waals surface area contributed by atoms with E-state index in [1.807, 2.05) is 55.5 Å². The van der Waals surface area contributed by atoms with Crippen LogP contribution in [0.3, 0.4) is 0 Å². The fraction of sp³-hybridized carbons (Fsp3) is 0.211. The van der Waals surface area contributed by atoms with E-state index >= 15 is 0 Å². The Morgan fingerprint density at radius 3 is 2.52 bits per heavy atom. The third-order valence-electron chi connectivity index (χ3n) is 4.31. The minimum absolute atomic E-state index is 0.0667. The molecule has 126 valence electrons. The Bertz CT molecular complexity index is 865. The smallest absolute Gasteiger partial charge is 0.170 e. The largest absolute Gasteiger partial charge is 0.464 e. The molecule has 6 heteroatoms. The number of nitrogens with zero attached hydrogens (tertiary/aromatic N) is 3. The van der Waals surface area contributed by atoms with Gasteiger partial charge in [0.25, 0.3) is 0 Å². The Balaban J connectivity index is 1.72. The van der Waals surface area contributed by atoms with Crippen molar-refractivity contribution in [1.82, 2.24) is 20.2 Å². The molecule has 3 aromatic rings. The normalized spacial score (nSPS) is 19.9. The van der Waals surface area contributed by atoms with Crippen LogP contribution >= 0.6 is 12.2 Å². The molecule has 0 aliphatic carbocycles. The zero-order valence-electron chi connectivity index (χ0n) is 13.8. The molecule has 1 aliphatic heterocycles. The molecule has 2 atom stereocenters. The maximum atomic E-state index is 5.95. The van der Waals surface area contributed by atoms with Gasteiger partial charge in [0, 0.05) is 12.4 Å². The van der Waals surface area contributed by atoms with Crippen molar-refractivity contribution < 1.29 is 4.42 Å². The van der Waals surface area contributed by atoms with Gasteiger partial charge in [-0.2, -0.15) is 0 Å². The highest BCUT2D eigenvalue weighted by molar-refractivity contribution is 7.80. The molecule has 3 aromatic heterocycles. The number of pyridine rings is 2. The third kappa shape index (κ3) is 3.13. The molecule has 5 nitrogen and oxygen atoms in total. The van der Waals surface area contributed by atoms with Gasteiger partial charge < -0.3 is 14.6 Å². The van der Waals surface area contributed by atoms with Gasteiger partial charge in [0.05, 0.1) is 24.0 Å². The molecule has 4 rings (SSSR count). The lowest BCUT2D eigenvalue weighted by Crippen LogP contribution is -2.29. The van der Waals surface area contributed by atoms with Crippen molar-refractivity contribution >= 4 is 17.3 Å². The number of aryl methyl sites for hydroxylation is 1. The predicted molar refractivity (Wildman–Crippen MR) is 98.7 cm³/mol. The second-order valence-electron chi connectivity index (χ2n) is 6.02. The second kappa shape index (κ2) is 6.64. The standard InChI is InChI=1S/C19H18N4OS/c1-13-8-9-16(24-13)18-17(15-7-3-5-11-21-15)22-19(25)23(18)12-14-6-2-4-10-20-14/h2-11,17-18H,12H2,1H3,(H,22,25)/t17-,18-/m0/s1. The summed E-state index contributed by atoms with van der Waals surface area (Å²) in [6, 6.07) is 15.6. The van der Waals surface area contributed by atoms with E-state index in [1.165, 1.54) is 0 Å². The molecule has 0 unspecified atom stereocenters. The average Bonchev–Trinajstić information content (AvgIpc) is 3.20. The van der Waals surface area contributed by atoms with Gasteiger partial charge in [-0.3, -0.25) is 9.97 Å². The number of furan rings is 1. The van der Waals surface area contributed by atoms with Crippen molar-refractivity contribution in [3.8, 4) is 0 Å². The SMILES string of the molecule is Cc1ccc([C@H]2[C@H](c3ccccn3)NC(=S)N2Cc2ccccn2)o1. The summed E-state index contributed by atoms with van der Waals surface area (Å²) < 4.78 is 5.95. The highest BCUT2D eigenvalue weighted by Gasteiger charge is 2.41. The molecule has 1 saturated heterocycles. The first-order valence-corrected chi connectivity index (χ1v) is 8.57. The second-order valence-corrected chi connectivity index (χ2v) is 6.41. The van der Waals surface area contributed by atoms with Crippen LogP contribution in [0.4, 0.5) is 0 Å². The van der Waals surface area contributed by atoms with Gasteiger partial charge >= 0.3 is 0 Å². The van der Waals surface area contributed by atoms with Crippen molar-refractivity contribution in [3.63, 3.8) is 0 Å². The summed E-state index contributed by atoms with van der Waals surface area (Å²) in [4.78, 5) is 11.1. The Labute approximate surface area is 151 Å². The Morgan fingerprint density at radius 1 is 1.08 bits per heavy atom. The van der Waals surface area contributed by atoms with Gasteiger partial charge in [-0.25, -0.2) is 0 Å². The summed E-state index contributed by atoms with van der Waals surface area (Å²) in [5.41, 5.74) is 1.90. The highest BCUT2D eigenvalue weighted by Crippen LogP contribution is 2.39. The molecule has 1 N–H and O–H groups in total. The number of thiocarbonyl (C=S) groups is 1. The van der Waals surface area contributed by atoms with Crippen LogP contribution in [0.2, 0.25) is 0 Å². The fourth-order valence-corrected chi connectivity index (χ4v) is 3.47. The van der Waals surface area contributed by atoms with E-state index in [1.54, 1.807) is 12.4 Å². The quantitative estimate of drug-likeness (QED) is 0.726. The summed E-state index contributed by atoms with van der Waals surface area (Å²) in [5, 5.41) is 4.09. The lowest BCUT2D eigenvalue weighted by atomic mass is 10.0. The average molecular weight is 350 g/mol. The molecule has 4 heterocycles. The van der Waals surface area contributed by atoms with Crippen molar-refractivity contribution in [1.29, 1.82) is 0 Å². The molecular weight excluding hydrogens is 332 g/mol. The summed E-state index contributed by atoms with van der Waals surface area (Å²) in [6.45, 7) is 2.56. The van der Waals surface area contributed by atoms with E-state index < -0.39 is 0 Å². The van der Waals surface area contributed by atoms with E-state index in [-0.39, 0.29) is 12.1 Å². The number of rotatable bonds is 4. The van der Waals surface area contributed by atoms with Crippen LogP contribution in [0.15, 0.2) is 65.3 Å². The first kappa shape index (κ1) is 15.8. The third-order valence-corrected chi connectivity index (χ3v) is 4.66. The molecule has 0 amide bonds. The summed E-state index contributed by atoms with van der Waals surface area (Å²) in [5.74, 6) is 1.75. The van der Waals surface area contributed by atoms with E-state index in [2.05, 4.69) is 20.2 Å². The molecule has 0 bridgehead atoms. The Morgan fingerprint density at radius 2 is 1.88 bits per heavy atom. The zero-order valence-corrected chi connectivity index (χ0v) is 14.6. The van der Waals surface area contributed by atoms with Gasteiger partial charge in [-0.15, -0.1) is 0 Å². The van der Waals surface area contributed by atoms with E-state index in [4.69, 9.17) is 16.6 Å². The summed E-state index contributed by atoms with van der Waals surface area (Å²) in [6.07, 6.45) is 3.59. The van der Waals surface area contributed by atoms with Crippen LogP contribution in [0.25, 0.3) is 0 Å². The van der Waals surface area contributed by atoms with E-state index in [9.17, 15) is 0 Å². The molecule has 0 spiro atoms. The van der Waals surface area contributed by atoms with Crippen LogP contribution in [0, 0.1) is 6.92 Å². The first-order chi connectivity index (χ1) is 12.2. The van der Waals surface area contributed by atoms with Gasteiger partial charge in [-0.05, 0) is 55.5 Å². The minimum Gasteiger partial charge on any atom is -0.464 e. The lowest BCUT2D eigenvalue weighted by molar-refractivity contribution is 0.262. The molecule has 25 heavy (non-hydrogen) atoms. The number of hydrogen-bond donors (Lipinski definition) is 1. The van der Waals surface area contributed by atoms with Gasteiger partial charge in [0.1, 0.15) is 17.6 Å². The van der Waals surface area contributed by atoms with E-state index in [0.717, 1.165) is 22.9 Å². The zero-order chi connectivity index (χ0) is 17.2. The Kier molecular flexibility index (Phi) is 4.19. The maximum Gasteiger partial charge on any atom is 0.170 e. The topological polar surface area (TPSA) is 54.2 Å². The van der Waals surface area contributed by atoms with Gasteiger partial charge in [0.2, 0.25) is 0 Å². The van der Waals surface area contributed by atoms with Gasteiger partial charge in [0.15, 0.2) is 5.11 Å². The molecule has 1 aliphatic rings. The van der Waals surface area contributed by atoms with Crippen LogP contribution in [-0.2, 0) is 6.54 Å². The fourth-order valence-electron chi connectivity index (χ4n) is 3.16. The number of nitrogens with one attached hydrogen (secondary N) is 1.